The fraction of sp³-hybridized carbons (Fsp3) is 0.941. The van der Waals surface area contributed by atoms with Gasteiger partial charge in [0.05, 0.1) is 0 Å². The van der Waals surface area contributed by atoms with Crippen LogP contribution in [0.4, 0.5) is 0 Å². The summed E-state index contributed by atoms with van der Waals surface area (Å²) in [4.78, 5) is 15.2. The van der Waals surface area contributed by atoms with Crippen molar-refractivity contribution < 1.29 is 4.79 Å². The SMILES string of the molecule is CC(C)N(CC1CCNCC1)C(=O)C1(C)CCCCC1. The zero-order valence-electron chi connectivity index (χ0n) is 13.6. The number of piperidine rings is 1. The van der Waals surface area contributed by atoms with Gasteiger partial charge in [-0.2, -0.15) is 0 Å². The first-order valence-corrected chi connectivity index (χ1v) is 8.55. The summed E-state index contributed by atoms with van der Waals surface area (Å²) >= 11 is 0. The number of nitrogens with one attached hydrogen (secondary N) is 1. The molecule has 0 radical (unpaired) electrons. The van der Waals surface area contributed by atoms with Crippen LogP contribution in [0.1, 0.15) is 65.7 Å². The molecule has 0 aromatic carbocycles. The third kappa shape index (κ3) is 3.75. The summed E-state index contributed by atoms with van der Waals surface area (Å²) < 4.78 is 0. The maximum absolute atomic E-state index is 13.0. The minimum absolute atomic E-state index is 0.0879. The number of rotatable bonds is 4. The van der Waals surface area contributed by atoms with Gasteiger partial charge in [-0.3, -0.25) is 4.79 Å². The standard InChI is InChI=1S/C17H32N2O/c1-14(2)19(13-15-7-11-18-12-8-15)16(20)17(3)9-5-4-6-10-17/h14-15,18H,4-13H2,1-3H3. The van der Waals surface area contributed by atoms with Crippen molar-refractivity contribution in [2.45, 2.75) is 71.8 Å². The number of hydrogen-bond donors (Lipinski definition) is 1. The van der Waals surface area contributed by atoms with Gasteiger partial charge in [0, 0.05) is 18.0 Å². The van der Waals surface area contributed by atoms with E-state index in [-0.39, 0.29) is 5.41 Å². The summed E-state index contributed by atoms with van der Waals surface area (Å²) in [6, 6.07) is 0.330. The Kier molecular flexibility index (Phi) is 5.48. The highest BCUT2D eigenvalue weighted by atomic mass is 16.2. The van der Waals surface area contributed by atoms with E-state index in [1.165, 1.54) is 32.1 Å². The third-order valence-corrected chi connectivity index (χ3v) is 5.27. The summed E-state index contributed by atoms with van der Waals surface area (Å²) in [5, 5.41) is 3.41. The summed E-state index contributed by atoms with van der Waals surface area (Å²) in [6.45, 7) is 9.74. The molecule has 1 saturated carbocycles. The van der Waals surface area contributed by atoms with E-state index in [0.29, 0.717) is 17.9 Å². The summed E-state index contributed by atoms with van der Waals surface area (Å²) in [5.41, 5.74) is -0.0879. The van der Waals surface area contributed by atoms with Crippen molar-refractivity contribution in [2.24, 2.45) is 11.3 Å². The normalized spacial score (nSPS) is 23.8. The van der Waals surface area contributed by atoms with Crippen molar-refractivity contribution in [2.75, 3.05) is 19.6 Å². The van der Waals surface area contributed by atoms with E-state index in [4.69, 9.17) is 0 Å². The summed E-state index contributed by atoms with van der Waals surface area (Å²) in [6.07, 6.45) is 8.35. The highest BCUT2D eigenvalue weighted by molar-refractivity contribution is 5.82. The molecule has 1 N–H and O–H groups in total. The van der Waals surface area contributed by atoms with Crippen LogP contribution in [0.5, 0.6) is 0 Å². The van der Waals surface area contributed by atoms with Crippen LogP contribution in [0.3, 0.4) is 0 Å². The second-order valence-electron chi connectivity index (χ2n) is 7.37. The van der Waals surface area contributed by atoms with Crippen LogP contribution in [0.2, 0.25) is 0 Å². The van der Waals surface area contributed by atoms with Crippen molar-refractivity contribution >= 4 is 5.91 Å². The molecule has 1 aliphatic heterocycles. The minimum atomic E-state index is -0.0879. The van der Waals surface area contributed by atoms with Gasteiger partial charge >= 0.3 is 0 Å². The van der Waals surface area contributed by atoms with Gasteiger partial charge in [-0.05, 0) is 58.5 Å². The lowest BCUT2D eigenvalue weighted by molar-refractivity contribution is -0.145. The molecule has 0 atom stereocenters. The molecule has 0 spiro atoms. The van der Waals surface area contributed by atoms with Gasteiger partial charge in [0.15, 0.2) is 0 Å². The Balaban J connectivity index is 2.01. The van der Waals surface area contributed by atoms with Crippen LogP contribution >= 0.6 is 0 Å². The van der Waals surface area contributed by atoms with E-state index in [1.54, 1.807) is 0 Å². The smallest absolute Gasteiger partial charge is 0.228 e. The molecule has 3 heteroatoms. The van der Waals surface area contributed by atoms with E-state index in [1.807, 2.05) is 0 Å². The van der Waals surface area contributed by atoms with Gasteiger partial charge in [0.25, 0.3) is 0 Å². The Morgan fingerprint density at radius 1 is 1.20 bits per heavy atom. The average molecular weight is 280 g/mol. The van der Waals surface area contributed by atoms with Crippen molar-refractivity contribution in [3.8, 4) is 0 Å². The number of carbonyl (C=O) groups excluding carboxylic acids is 1. The van der Waals surface area contributed by atoms with Crippen LogP contribution in [0.15, 0.2) is 0 Å². The van der Waals surface area contributed by atoms with Crippen LogP contribution in [-0.2, 0) is 4.79 Å². The fourth-order valence-electron chi connectivity index (χ4n) is 3.76. The average Bonchev–Trinajstić information content (AvgIpc) is 2.45. The number of carbonyl (C=O) groups is 1. The molecule has 2 fully saturated rings. The highest BCUT2D eigenvalue weighted by Crippen LogP contribution is 2.38. The topological polar surface area (TPSA) is 32.3 Å². The number of nitrogens with zero attached hydrogens (tertiary/aromatic N) is 1. The predicted octanol–water partition coefficient (Wildman–Crippen LogP) is 3.19. The van der Waals surface area contributed by atoms with E-state index in [9.17, 15) is 4.79 Å². The van der Waals surface area contributed by atoms with Crippen LogP contribution in [0.25, 0.3) is 0 Å². The first kappa shape index (κ1) is 15.8. The fourth-order valence-corrected chi connectivity index (χ4v) is 3.76. The molecule has 1 saturated heterocycles. The maximum Gasteiger partial charge on any atom is 0.228 e. The molecule has 2 aliphatic rings. The van der Waals surface area contributed by atoms with E-state index >= 15 is 0 Å². The molecule has 1 heterocycles. The summed E-state index contributed by atoms with van der Waals surface area (Å²) in [7, 11) is 0. The second-order valence-corrected chi connectivity index (χ2v) is 7.37. The number of amides is 1. The molecule has 0 bridgehead atoms. The molecule has 1 amide bonds. The minimum Gasteiger partial charge on any atom is -0.340 e. The molecule has 2 rings (SSSR count). The lowest BCUT2D eigenvalue weighted by atomic mass is 9.74. The first-order valence-electron chi connectivity index (χ1n) is 8.55. The van der Waals surface area contributed by atoms with Crippen LogP contribution in [-0.4, -0.2) is 36.5 Å². The zero-order valence-corrected chi connectivity index (χ0v) is 13.6. The Morgan fingerprint density at radius 2 is 1.80 bits per heavy atom. The van der Waals surface area contributed by atoms with Gasteiger partial charge in [-0.1, -0.05) is 26.2 Å². The molecule has 0 aromatic heterocycles. The molecular weight excluding hydrogens is 248 g/mol. The van der Waals surface area contributed by atoms with Crippen LogP contribution < -0.4 is 5.32 Å². The molecule has 20 heavy (non-hydrogen) atoms. The first-order chi connectivity index (χ1) is 9.53. The second kappa shape index (κ2) is 6.93. The van der Waals surface area contributed by atoms with Gasteiger partial charge in [-0.15, -0.1) is 0 Å². The third-order valence-electron chi connectivity index (χ3n) is 5.27. The molecule has 0 aromatic rings. The van der Waals surface area contributed by atoms with Crippen molar-refractivity contribution in [1.82, 2.24) is 10.2 Å². The molecule has 0 unspecified atom stereocenters. The van der Waals surface area contributed by atoms with Gasteiger partial charge in [0.2, 0.25) is 5.91 Å². The predicted molar refractivity (Wildman–Crippen MR) is 83.6 cm³/mol. The molecule has 1 aliphatic carbocycles. The van der Waals surface area contributed by atoms with E-state index in [0.717, 1.165) is 32.5 Å². The van der Waals surface area contributed by atoms with E-state index in [2.05, 4.69) is 31.0 Å². The largest absolute Gasteiger partial charge is 0.340 e. The Morgan fingerprint density at radius 3 is 2.35 bits per heavy atom. The molecule has 3 nitrogen and oxygen atoms in total. The Hall–Kier alpha value is -0.570. The van der Waals surface area contributed by atoms with Gasteiger partial charge < -0.3 is 10.2 Å². The quantitative estimate of drug-likeness (QED) is 0.857. The van der Waals surface area contributed by atoms with Gasteiger partial charge in [-0.25, -0.2) is 0 Å². The van der Waals surface area contributed by atoms with Gasteiger partial charge in [0.1, 0.15) is 0 Å². The monoisotopic (exact) mass is 280 g/mol. The van der Waals surface area contributed by atoms with Crippen molar-refractivity contribution in [3.05, 3.63) is 0 Å². The maximum atomic E-state index is 13.0. The van der Waals surface area contributed by atoms with Crippen molar-refractivity contribution in [1.29, 1.82) is 0 Å². The lowest BCUT2D eigenvalue weighted by Gasteiger charge is -2.41. The molecular formula is C17H32N2O. The van der Waals surface area contributed by atoms with Crippen LogP contribution in [0, 0.1) is 11.3 Å². The molecule has 116 valence electrons. The number of hydrogen-bond acceptors (Lipinski definition) is 2. The Labute approximate surface area is 124 Å². The van der Waals surface area contributed by atoms with Crippen molar-refractivity contribution in [3.63, 3.8) is 0 Å². The van der Waals surface area contributed by atoms with E-state index < -0.39 is 0 Å². The highest BCUT2D eigenvalue weighted by Gasteiger charge is 2.38. The summed E-state index contributed by atoms with van der Waals surface area (Å²) in [5.74, 6) is 1.11. The lowest BCUT2D eigenvalue weighted by Crippen LogP contribution is -2.49. The Bertz CT molecular complexity index is 315. The zero-order chi connectivity index (χ0) is 14.6.